The summed E-state index contributed by atoms with van der Waals surface area (Å²) < 4.78 is 39.0. The van der Waals surface area contributed by atoms with Crippen LogP contribution in [0.2, 0.25) is 6.82 Å². The number of piperidine rings is 4. The molecule has 0 bridgehead atoms. The maximum absolute atomic E-state index is 13.4. The number of fused-ring (bicyclic) bond motifs is 2. The Hall–Kier alpha value is -3.88. The summed E-state index contributed by atoms with van der Waals surface area (Å²) in [5.41, 5.74) is -0.492. The van der Waals surface area contributed by atoms with Gasteiger partial charge in [-0.3, -0.25) is 19.2 Å². The van der Waals surface area contributed by atoms with E-state index in [1.807, 2.05) is 14.6 Å². The number of nitrogens with zero attached hydrogens (tertiary/aromatic N) is 3. The van der Waals surface area contributed by atoms with Crippen LogP contribution >= 0.6 is 0 Å². The number of carbonyl (C=O) groups excluding carboxylic acids is 4. The van der Waals surface area contributed by atoms with Crippen molar-refractivity contribution in [2.45, 2.75) is 82.2 Å². The standard InChI is InChI=1S/C20H26BFN2O4.C19H23FN2O3/c1-21(27)24-8-4-14(5-9-24)19(26)23-10-6-20(7-11-23)13-17(25)16-12-15(22)2-3-18(16)28-20;20-14-1-2-17-15(11-14)16(23)12-19(25-17)5-9-22(10-6-19)18(24)13-3-7-21-8-4-13/h2-3,12,14,27H,4-11,13H2,1H3;1-2,11,13,21H,3-10,12H2. The molecule has 2 aromatic rings. The second-order valence-corrected chi connectivity index (χ2v) is 15.7. The Morgan fingerprint density at radius 2 is 1.13 bits per heavy atom. The zero-order valence-electron chi connectivity index (χ0n) is 30.4. The summed E-state index contributed by atoms with van der Waals surface area (Å²) in [4.78, 5) is 56.3. The van der Waals surface area contributed by atoms with Crippen molar-refractivity contribution in [3.63, 3.8) is 0 Å². The van der Waals surface area contributed by atoms with Gasteiger partial charge in [0.25, 0.3) is 0 Å². The summed E-state index contributed by atoms with van der Waals surface area (Å²) in [6, 6.07) is 8.18. The monoisotopic (exact) mass is 734 g/mol. The van der Waals surface area contributed by atoms with Crippen molar-refractivity contribution >= 4 is 30.4 Å². The van der Waals surface area contributed by atoms with Crippen LogP contribution < -0.4 is 14.8 Å². The highest BCUT2D eigenvalue weighted by Gasteiger charge is 2.46. The molecule has 0 atom stereocenters. The highest BCUT2D eigenvalue weighted by molar-refractivity contribution is 6.45. The van der Waals surface area contributed by atoms with Crippen molar-refractivity contribution in [1.29, 1.82) is 0 Å². The average molecular weight is 735 g/mol. The van der Waals surface area contributed by atoms with E-state index in [9.17, 15) is 33.0 Å². The highest BCUT2D eigenvalue weighted by atomic mass is 19.1. The first-order valence-electron chi connectivity index (χ1n) is 19.2. The molecule has 284 valence electrons. The Labute approximate surface area is 309 Å². The van der Waals surface area contributed by atoms with Crippen molar-refractivity contribution in [2.75, 3.05) is 52.4 Å². The molecule has 4 saturated heterocycles. The molecule has 4 fully saturated rings. The molecule has 0 radical (unpaired) electrons. The molecule has 0 unspecified atom stereocenters. The van der Waals surface area contributed by atoms with Crippen LogP contribution in [0.15, 0.2) is 36.4 Å². The molecular weight excluding hydrogens is 685 g/mol. The minimum absolute atomic E-state index is 0.00153. The van der Waals surface area contributed by atoms with Gasteiger partial charge in [0.1, 0.15) is 34.3 Å². The fraction of sp³-hybridized carbons (Fsp3) is 0.590. The number of hydrogen-bond donors (Lipinski definition) is 2. The summed E-state index contributed by atoms with van der Waals surface area (Å²) in [6.45, 7) is 7.40. The Morgan fingerprint density at radius 3 is 1.55 bits per heavy atom. The second-order valence-electron chi connectivity index (χ2n) is 15.7. The Balaban J connectivity index is 0.000000165. The average Bonchev–Trinajstić information content (AvgIpc) is 3.16. The van der Waals surface area contributed by atoms with Crippen LogP contribution in [0.3, 0.4) is 0 Å². The van der Waals surface area contributed by atoms with E-state index < -0.39 is 29.9 Å². The first-order valence-corrected chi connectivity index (χ1v) is 19.2. The van der Waals surface area contributed by atoms with Gasteiger partial charge in [-0.25, -0.2) is 8.78 Å². The molecule has 14 heteroatoms. The molecule has 2 amide bonds. The first-order chi connectivity index (χ1) is 25.4. The van der Waals surface area contributed by atoms with E-state index in [4.69, 9.17) is 9.47 Å². The summed E-state index contributed by atoms with van der Waals surface area (Å²) >= 11 is 0. The van der Waals surface area contributed by atoms with E-state index in [2.05, 4.69) is 5.32 Å². The minimum atomic E-state index is -0.589. The number of nitrogens with one attached hydrogen (secondary N) is 1. The van der Waals surface area contributed by atoms with Gasteiger partial charge in [0, 0.05) is 63.7 Å². The van der Waals surface area contributed by atoms with Gasteiger partial charge in [-0.2, -0.15) is 0 Å². The summed E-state index contributed by atoms with van der Waals surface area (Å²) in [5, 5.41) is 12.9. The molecule has 53 heavy (non-hydrogen) atoms. The Bertz CT molecular complexity index is 1710. The number of amides is 2. The van der Waals surface area contributed by atoms with E-state index in [1.165, 1.54) is 36.4 Å². The molecule has 2 aromatic carbocycles. The van der Waals surface area contributed by atoms with Crippen molar-refractivity contribution in [2.24, 2.45) is 11.8 Å². The molecule has 0 saturated carbocycles. The number of hydrogen-bond acceptors (Lipinski definition) is 9. The second kappa shape index (κ2) is 15.5. The first kappa shape index (κ1) is 37.4. The third-order valence-electron chi connectivity index (χ3n) is 12.2. The van der Waals surface area contributed by atoms with E-state index in [0.717, 1.165) is 51.9 Å². The minimum Gasteiger partial charge on any atom is -0.486 e. The van der Waals surface area contributed by atoms with Gasteiger partial charge in [0.15, 0.2) is 11.6 Å². The number of rotatable bonds is 3. The molecule has 0 aliphatic carbocycles. The lowest BCUT2D eigenvalue weighted by molar-refractivity contribution is -0.141. The number of carbonyl (C=O) groups is 4. The van der Waals surface area contributed by atoms with Gasteiger partial charge in [0.05, 0.1) is 24.0 Å². The number of ketones is 2. The van der Waals surface area contributed by atoms with Gasteiger partial charge in [-0.15, -0.1) is 0 Å². The predicted molar refractivity (Wildman–Crippen MR) is 193 cm³/mol. The molecule has 6 aliphatic heterocycles. The highest BCUT2D eigenvalue weighted by Crippen LogP contribution is 2.41. The third-order valence-corrected chi connectivity index (χ3v) is 12.2. The molecule has 2 spiro atoms. The number of halogens is 2. The number of likely N-dealkylation sites (tertiary alicyclic amines) is 2. The van der Waals surface area contributed by atoms with Gasteiger partial charge >= 0.3 is 7.05 Å². The zero-order valence-corrected chi connectivity index (χ0v) is 30.4. The molecule has 6 aliphatic rings. The lowest BCUT2D eigenvalue weighted by Gasteiger charge is -2.45. The largest absolute Gasteiger partial charge is 0.486 e. The quantitative estimate of drug-likeness (QED) is 0.448. The van der Waals surface area contributed by atoms with Crippen LogP contribution in [0, 0.1) is 23.5 Å². The SMILES string of the molecule is CB(O)N1CCC(C(=O)N2CCC3(CC2)CC(=O)c2cc(F)ccc2O3)CC1.O=C1CC2(CCN(C(=O)C3CCNCC3)CC2)Oc2ccc(F)cc21. The van der Waals surface area contributed by atoms with Crippen molar-refractivity contribution in [1.82, 2.24) is 19.9 Å². The topological polar surface area (TPSA) is 129 Å². The van der Waals surface area contributed by atoms with Crippen LogP contribution in [0.5, 0.6) is 11.5 Å². The van der Waals surface area contributed by atoms with E-state index in [0.29, 0.717) is 74.5 Å². The summed E-state index contributed by atoms with van der Waals surface area (Å²) in [5.74, 6) is 0.423. The third kappa shape index (κ3) is 8.14. The van der Waals surface area contributed by atoms with Crippen molar-refractivity contribution < 1.29 is 42.5 Å². The number of Topliss-reactive ketones (excluding diaryl/α,β-unsaturated/α-hetero) is 2. The number of ether oxygens (including phenoxy) is 2. The molecule has 11 nitrogen and oxygen atoms in total. The Kier molecular flexibility index (Phi) is 10.9. The van der Waals surface area contributed by atoms with Gasteiger partial charge in [0.2, 0.25) is 11.8 Å². The van der Waals surface area contributed by atoms with Crippen LogP contribution in [-0.2, 0) is 9.59 Å². The summed E-state index contributed by atoms with van der Waals surface area (Å²) in [7, 11) is -0.469. The van der Waals surface area contributed by atoms with Crippen LogP contribution in [0.4, 0.5) is 8.78 Å². The number of benzene rings is 2. The van der Waals surface area contributed by atoms with E-state index in [1.54, 1.807) is 6.82 Å². The summed E-state index contributed by atoms with van der Waals surface area (Å²) in [6.07, 6.45) is 6.32. The van der Waals surface area contributed by atoms with Crippen molar-refractivity contribution in [3.8, 4) is 11.5 Å². The lowest BCUT2D eigenvalue weighted by Crippen LogP contribution is -2.54. The van der Waals surface area contributed by atoms with Crippen molar-refractivity contribution in [3.05, 3.63) is 59.2 Å². The molecular formula is C39H49BF2N4O7. The van der Waals surface area contributed by atoms with Crippen LogP contribution in [0.25, 0.3) is 0 Å². The molecule has 6 heterocycles. The smallest absolute Gasteiger partial charge is 0.376 e. The lowest BCUT2D eigenvalue weighted by atomic mass is 9.80. The fourth-order valence-corrected chi connectivity index (χ4v) is 8.86. The van der Waals surface area contributed by atoms with Gasteiger partial charge in [-0.1, -0.05) is 0 Å². The van der Waals surface area contributed by atoms with Gasteiger partial charge in [-0.05, 0) is 95.1 Å². The predicted octanol–water partition coefficient (Wildman–Crippen LogP) is 4.13. The van der Waals surface area contributed by atoms with Crippen LogP contribution in [0.1, 0.15) is 84.9 Å². The van der Waals surface area contributed by atoms with Gasteiger partial charge < -0.3 is 34.4 Å². The zero-order chi connectivity index (χ0) is 37.3. The maximum Gasteiger partial charge on any atom is 0.376 e. The Morgan fingerprint density at radius 1 is 0.717 bits per heavy atom. The molecule has 8 rings (SSSR count). The van der Waals surface area contributed by atoms with E-state index in [-0.39, 0.29) is 48.1 Å². The maximum atomic E-state index is 13.4. The van der Waals surface area contributed by atoms with E-state index >= 15 is 0 Å². The molecule has 0 aromatic heterocycles. The normalized spacial score (nSPS) is 22.9. The van der Waals surface area contributed by atoms with Crippen LogP contribution in [-0.4, -0.2) is 114 Å². The fourth-order valence-electron chi connectivity index (χ4n) is 8.86. The molecule has 2 N–H and O–H groups in total.